The smallest absolute Gasteiger partial charge is 0.158 e. The molecule has 3 aliphatic heterocycles. The number of nitrogens with zero attached hydrogens (tertiary/aromatic N) is 5. The maximum atomic E-state index is 16.9. The second-order valence-corrected chi connectivity index (χ2v) is 12.4. The van der Waals surface area contributed by atoms with Crippen molar-refractivity contribution in [3.05, 3.63) is 59.1 Å². The van der Waals surface area contributed by atoms with Crippen LogP contribution in [-0.4, -0.2) is 70.4 Å². The van der Waals surface area contributed by atoms with E-state index in [0.717, 1.165) is 53.4 Å². The van der Waals surface area contributed by atoms with E-state index in [2.05, 4.69) is 33.8 Å². The lowest BCUT2D eigenvalue weighted by atomic mass is 9.80. The third-order valence-electron chi connectivity index (χ3n) is 9.34. The van der Waals surface area contributed by atoms with Crippen LogP contribution < -0.4 is 10.2 Å². The molecule has 2 N–H and O–H groups in total. The number of benzene rings is 3. The zero-order valence-electron chi connectivity index (χ0n) is 22.6. The van der Waals surface area contributed by atoms with Gasteiger partial charge in [-0.05, 0) is 67.9 Å². The van der Waals surface area contributed by atoms with Crippen molar-refractivity contribution in [2.45, 2.75) is 31.5 Å². The van der Waals surface area contributed by atoms with Gasteiger partial charge in [0.1, 0.15) is 16.8 Å². The summed E-state index contributed by atoms with van der Waals surface area (Å²) in [6, 6.07) is 12.1. The molecule has 2 bridgehead atoms. The molecule has 0 radical (unpaired) electrons. The fraction of sp³-hybridized carbons (Fsp3) is 0.355. The van der Waals surface area contributed by atoms with E-state index >= 15 is 4.39 Å². The number of imidazole rings is 1. The molecular formula is C31H30ClFN6O. The molecule has 3 atom stereocenters. The molecule has 3 saturated heterocycles. The van der Waals surface area contributed by atoms with Crippen molar-refractivity contribution in [1.82, 2.24) is 24.8 Å². The van der Waals surface area contributed by atoms with Crippen LogP contribution in [0.3, 0.4) is 0 Å². The lowest BCUT2D eigenvalue weighted by Crippen LogP contribution is -2.57. The van der Waals surface area contributed by atoms with E-state index in [1.807, 2.05) is 37.5 Å². The van der Waals surface area contributed by atoms with Crippen molar-refractivity contribution in [1.29, 1.82) is 0 Å². The number of likely N-dealkylation sites (N-methyl/N-ethyl adjacent to an activating group) is 1. The molecule has 7 nitrogen and oxygen atoms in total. The first kappa shape index (κ1) is 24.3. The maximum absolute atomic E-state index is 16.9. The number of fused-ring (bicyclic) bond motifs is 5. The molecule has 204 valence electrons. The Morgan fingerprint density at radius 2 is 1.93 bits per heavy atom. The molecule has 0 unspecified atom stereocenters. The number of rotatable bonds is 4. The van der Waals surface area contributed by atoms with Crippen LogP contribution in [0.25, 0.3) is 43.8 Å². The van der Waals surface area contributed by atoms with Gasteiger partial charge in [-0.2, -0.15) is 0 Å². The SMILES string of the molecule is Cc1ccc2cc(O)cc(-c3c(Cl)cc4c(nc(N5CC(N(C)C)C5)c5ncn([C@H]6[C@H]7CN[C@@H]6C7)c54)c3F)c2c1. The number of anilines is 1. The van der Waals surface area contributed by atoms with Crippen LogP contribution >= 0.6 is 11.6 Å². The zero-order valence-corrected chi connectivity index (χ0v) is 23.4. The summed E-state index contributed by atoms with van der Waals surface area (Å²) >= 11 is 6.94. The number of phenolic OH excluding ortho intramolecular Hbond substituents is 1. The number of halogens is 2. The van der Waals surface area contributed by atoms with E-state index < -0.39 is 5.82 Å². The van der Waals surface area contributed by atoms with Crippen LogP contribution in [0.1, 0.15) is 18.0 Å². The predicted octanol–water partition coefficient (Wildman–Crippen LogP) is 5.49. The molecule has 5 heterocycles. The molecule has 4 fully saturated rings. The maximum Gasteiger partial charge on any atom is 0.158 e. The quantitative estimate of drug-likeness (QED) is 0.305. The largest absolute Gasteiger partial charge is 0.508 e. The summed E-state index contributed by atoms with van der Waals surface area (Å²) in [6.07, 6.45) is 3.06. The number of nitrogens with one attached hydrogen (secondary N) is 1. The third kappa shape index (κ3) is 3.36. The molecule has 40 heavy (non-hydrogen) atoms. The number of phenols is 1. The van der Waals surface area contributed by atoms with Crippen molar-refractivity contribution < 1.29 is 9.50 Å². The van der Waals surface area contributed by atoms with E-state index in [1.54, 1.807) is 12.1 Å². The first-order chi connectivity index (χ1) is 19.3. The van der Waals surface area contributed by atoms with Crippen LogP contribution in [0.4, 0.5) is 10.2 Å². The number of aryl methyl sites for hydroxylation is 1. The lowest BCUT2D eigenvalue weighted by Gasteiger charge is -2.43. The summed E-state index contributed by atoms with van der Waals surface area (Å²) in [6.45, 7) is 4.60. The summed E-state index contributed by atoms with van der Waals surface area (Å²) in [4.78, 5) is 14.2. The van der Waals surface area contributed by atoms with Crippen LogP contribution in [0.2, 0.25) is 5.02 Å². The van der Waals surface area contributed by atoms with Crippen molar-refractivity contribution in [2.75, 3.05) is 38.6 Å². The minimum absolute atomic E-state index is 0.0624. The normalized spacial score (nSPS) is 22.6. The Morgan fingerprint density at radius 1 is 1.10 bits per heavy atom. The summed E-state index contributed by atoms with van der Waals surface area (Å²) in [5.41, 5.74) is 3.81. The molecule has 0 amide bonds. The van der Waals surface area contributed by atoms with Gasteiger partial charge in [-0.15, -0.1) is 0 Å². The Bertz CT molecular complexity index is 1850. The van der Waals surface area contributed by atoms with Gasteiger partial charge in [0, 0.05) is 42.7 Å². The van der Waals surface area contributed by atoms with Crippen molar-refractivity contribution in [3.8, 4) is 16.9 Å². The van der Waals surface area contributed by atoms with Gasteiger partial charge < -0.3 is 24.8 Å². The highest BCUT2D eigenvalue weighted by molar-refractivity contribution is 6.35. The summed E-state index contributed by atoms with van der Waals surface area (Å²) < 4.78 is 19.1. The van der Waals surface area contributed by atoms with Gasteiger partial charge in [0.25, 0.3) is 0 Å². The van der Waals surface area contributed by atoms with Gasteiger partial charge >= 0.3 is 0 Å². The van der Waals surface area contributed by atoms with E-state index in [0.29, 0.717) is 34.8 Å². The number of aromatic hydroxyl groups is 1. The summed E-state index contributed by atoms with van der Waals surface area (Å²) in [5, 5.41) is 16.8. The average Bonchev–Trinajstić information content (AvgIpc) is 3.61. The Morgan fingerprint density at radius 3 is 2.65 bits per heavy atom. The van der Waals surface area contributed by atoms with Crippen LogP contribution in [0.5, 0.6) is 5.75 Å². The van der Waals surface area contributed by atoms with Gasteiger partial charge in [-0.3, -0.25) is 0 Å². The van der Waals surface area contributed by atoms with E-state index in [-0.39, 0.29) is 27.9 Å². The molecule has 1 saturated carbocycles. The Balaban J connectivity index is 1.40. The first-order valence-electron chi connectivity index (χ1n) is 13.8. The second-order valence-electron chi connectivity index (χ2n) is 12.0. The Kier molecular flexibility index (Phi) is 5.19. The minimum Gasteiger partial charge on any atom is -0.508 e. The average molecular weight is 557 g/mol. The fourth-order valence-corrected chi connectivity index (χ4v) is 7.32. The van der Waals surface area contributed by atoms with Crippen LogP contribution in [-0.2, 0) is 0 Å². The topological polar surface area (TPSA) is 69.5 Å². The zero-order chi connectivity index (χ0) is 27.4. The summed E-state index contributed by atoms with van der Waals surface area (Å²) in [5.74, 6) is 0.832. The molecule has 4 aliphatic rings. The lowest BCUT2D eigenvalue weighted by molar-refractivity contribution is 0.225. The number of hydrogen-bond donors (Lipinski definition) is 2. The van der Waals surface area contributed by atoms with Crippen LogP contribution in [0, 0.1) is 18.7 Å². The third-order valence-corrected chi connectivity index (χ3v) is 9.64. The second kappa shape index (κ2) is 8.52. The Hall–Kier alpha value is -3.46. The first-order valence-corrected chi connectivity index (χ1v) is 14.2. The van der Waals surface area contributed by atoms with E-state index in [9.17, 15) is 5.11 Å². The Labute approximate surface area is 236 Å². The van der Waals surface area contributed by atoms with Gasteiger partial charge in [-0.1, -0.05) is 35.4 Å². The summed E-state index contributed by atoms with van der Waals surface area (Å²) in [7, 11) is 4.16. The molecule has 2 aromatic heterocycles. The van der Waals surface area contributed by atoms with E-state index in [1.165, 1.54) is 0 Å². The van der Waals surface area contributed by atoms with Gasteiger partial charge in [0.2, 0.25) is 0 Å². The van der Waals surface area contributed by atoms with Crippen molar-refractivity contribution >= 4 is 50.1 Å². The van der Waals surface area contributed by atoms with Crippen molar-refractivity contribution in [2.24, 2.45) is 5.92 Å². The molecule has 5 aromatic rings. The highest BCUT2D eigenvalue weighted by Gasteiger charge is 2.48. The van der Waals surface area contributed by atoms with Gasteiger partial charge in [0.05, 0.1) is 22.9 Å². The molecule has 3 aromatic carbocycles. The predicted molar refractivity (Wildman–Crippen MR) is 158 cm³/mol. The van der Waals surface area contributed by atoms with E-state index in [4.69, 9.17) is 21.6 Å². The number of hydrogen-bond acceptors (Lipinski definition) is 6. The molecule has 0 spiro atoms. The highest BCUT2D eigenvalue weighted by Crippen LogP contribution is 2.48. The number of aromatic nitrogens is 3. The van der Waals surface area contributed by atoms with Crippen molar-refractivity contribution in [3.63, 3.8) is 0 Å². The standard InChI is InChI=1S/C31H30ClFN6O/c1-15-4-5-16-7-19(40)9-21(20(16)6-15)25-23(32)10-22-27(26(25)33)36-31(38-12-18(13-38)37(2)3)28-30(22)39(14-35-28)29-17-8-24(29)34-11-17/h4-7,9-10,14,17-18,24,29,34,40H,8,11-13H2,1-3H3/t17-,24-,29+/m1/s1. The molecular weight excluding hydrogens is 527 g/mol. The molecule has 9 heteroatoms. The number of pyridine rings is 1. The fourth-order valence-electron chi connectivity index (χ4n) is 7.03. The van der Waals surface area contributed by atoms with Crippen LogP contribution in [0.15, 0.2) is 42.7 Å². The minimum atomic E-state index is -0.480. The van der Waals surface area contributed by atoms with Gasteiger partial charge in [-0.25, -0.2) is 14.4 Å². The molecule has 1 aliphatic carbocycles. The molecule has 9 rings (SSSR count). The van der Waals surface area contributed by atoms with Gasteiger partial charge in [0.15, 0.2) is 11.6 Å². The highest BCUT2D eigenvalue weighted by atomic mass is 35.5. The monoisotopic (exact) mass is 556 g/mol.